The molecule has 10 heteroatoms. The Hall–Kier alpha value is -2.88. The molecule has 2 aliphatic heterocycles. The number of hydrogen-bond donors (Lipinski definition) is 2. The molecule has 0 aliphatic carbocycles. The first-order valence-corrected chi connectivity index (χ1v) is 8.32. The molecule has 2 aromatic heterocycles. The van der Waals surface area contributed by atoms with Crippen LogP contribution in [0.25, 0.3) is 11.0 Å². The fourth-order valence-corrected chi connectivity index (χ4v) is 3.37. The van der Waals surface area contributed by atoms with Crippen LogP contribution < -0.4 is 20.5 Å². The first-order chi connectivity index (χ1) is 11.8. The lowest BCUT2D eigenvalue weighted by Crippen LogP contribution is -2.31. The van der Waals surface area contributed by atoms with Crippen LogP contribution in [-0.4, -0.2) is 38.3 Å². The SMILES string of the molecule is NC1=NC(c2csnn2)n2c(nc3cc4c(cc32)OCCCO4)N1. The largest absolute Gasteiger partial charge is 0.489 e. The summed E-state index contributed by atoms with van der Waals surface area (Å²) < 4.78 is 17.4. The first-order valence-electron chi connectivity index (χ1n) is 7.48. The normalized spacial score (nSPS) is 19.3. The van der Waals surface area contributed by atoms with E-state index in [1.54, 1.807) is 0 Å². The molecule has 0 saturated heterocycles. The Balaban J connectivity index is 1.73. The van der Waals surface area contributed by atoms with E-state index >= 15 is 0 Å². The topological polar surface area (TPSA) is 112 Å². The third kappa shape index (κ3) is 1.99. The Morgan fingerprint density at radius 2 is 2.08 bits per heavy atom. The molecule has 1 atom stereocenters. The smallest absolute Gasteiger partial charge is 0.212 e. The highest BCUT2D eigenvalue weighted by atomic mass is 32.1. The van der Waals surface area contributed by atoms with Gasteiger partial charge in [-0.25, -0.2) is 9.98 Å². The number of ether oxygens (including phenoxy) is 2. The number of hydrogen-bond acceptors (Lipinski definition) is 9. The Bertz CT molecular complexity index is 950. The second kappa shape index (κ2) is 5.06. The second-order valence-corrected chi connectivity index (χ2v) is 6.10. The molecule has 1 aromatic carbocycles. The summed E-state index contributed by atoms with van der Waals surface area (Å²) in [6.07, 6.45) is 0.447. The summed E-state index contributed by atoms with van der Waals surface area (Å²) in [5.74, 6) is 2.32. The van der Waals surface area contributed by atoms with Crippen LogP contribution in [0.1, 0.15) is 18.3 Å². The van der Waals surface area contributed by atoms with Crippen LogP contribution in [0, 0.1) is 0 Å². The van der Waals surface area contributed by atoms with Crippen molar-refractivity contribution < 1.29 is 9.47 Å². The fraction of sp³-hybridized carbons (Fsp3) is 0.286. The van der Waals surface area contributed by atoms with Gasteiger partial charge in [0.2, 0.25) is 5.95 Å². The van der Waals surface area contributed by atoms with Crippen LogP contribution in [0.2, 0.25) is 0 Å². The molecule has 122 valence electrons. The fourth-order valence-electron chi connectivity index (χ4n) is 2.91. The number of fused-ring (bicyclic) bond motifs is 4. The average Bonchev–Trinajstić information content (AvgIpc) is 3.15. The van der Waals surface area contributed by atoms with E-state index in [0.29, 0.717) is 36.6 Å². The van der Waals surface area contributed by atoms with Crippen molar-refractivity contribution in [1.29, 1.82) is 0 Å². The van der Waals surface area contributed by atoms with Gasteiger partial charge in [0.15, 0.2) is 23.6 Å². The Kier molecular flexibility index (Phi) is 2.86. The Morgan fingerprint density at radius 1 is 1.25 bits per heavy atom. The van der Waals surface area contributed by atoms with E-state index in [4.69, 9.17) is 15.2 Å². The molecule has 1 unspecified atom stereocenters. The zero-order chi connectivity index (χ0) is 16.1. The molecule has 3 aromatic rings. The predicted molar refractivity (Wildman–Crippen MR) is 88.6 cm³/mol. The van der Waals surface area contributed by atoms with Gasteiger partial charge in [0.25, 0.3) is 0 Å². The maximum absolute atomic E-state index is 5.90. The van der Waals surface area contributed by atoms with E-state index in [1.807, 2.05) is 22.1 Å². The van der Waals surface area contributed by atoms with Gasteiger partial charge in [0.1, 0.15) is 5.69 Å². The summed E-state index contributed by atoms with van der Waals surface area (Å²) in [6, 6.07) is 3.81. The monoisotopic (exact) mass is 343 g/mol. The molecular formula is C14H13N7O2S. The lowest BCUT2D eigenvalue weighted by molar-refractivity contribution is 0.297. The number of nitrogens with zero attached hydrogens (tertiary/aromatic N) is 5. The number of imidazole rings is 1. The van der Waals surface area contributed by atoms with Crippen LogP contribution in [0.15, 0.2) is 22.5 Å². The molecular weight excluding hydrogens is 330 g/mol. The minimum absolute atomic E-state index is 0.296. The van der Waals surface area contributed by atoms with Crippen LogP contribution in [-0.2, 0) is 0 Å². The number of aliphatic imine (C=N–C) groups is 1. The van der Waals surface area contributed by atoms with Gasteiger partial charge in [-0.2, -0.15) is 0 Å². The van der Waals surface area contributed by atoms with Gasteiger partial charge < -0.3 is 15.2 Å². The second-order valence-electron chi connectivity index (χ2n) is 5.49. The molecule has 4 heterocycles. The number of rotatable bonds is 1. The van der Waals surface area contributed by atoms with Crippen molar-refractivity contribution in [3.05, 3.63) is 23.2 Å². The van der Waals surface area contributed by atoms with Crippen LogP contribution in [0.5, 0.6) is 11.5 Å². The zero-order valence-corrected chi connectivity index (χ0v) is 13.3. The standard InChI is InChI=1S/C14H13N7O2S/c15-13-17-12(8-6-24-20-19-8)21-9-5-11-10(22-2-1-3-23-11)4-7(9)16-14(21)18-13/h4-6,12H,1-3H2,(H3,15,16,17,18). The van der Waals surface area contributed by atoms with Crippen LogP contribution >= 0.6 is 11.5 Å². The van der Waals surface area contributed by atoms with E-state index in [9.17, 15) is 0 Å². The lowest BCUT2D eigenvalue weighted by atomic mass is 10.2. The van der Waals surface area contributed by atoms with Crippen molar-refractivity contribution in [1.82, 2.24) is 19.1 Å². The molecule has 0 spiro atoms. The van der Waals surface area contributed by atoms with E-state index in [2.05, 4.69) is 24.9 Å². The van der Waals surface area contributed by atoms with Gasteiger partial charge in [0, 0.05) is 23.9 Å². The van der Waals surface area contributed by atoms with E-state index in [0.717, 1.165) is 23.1 Å². The van der Waals surface area contributed by atoms with Gasteiger partial charge in [-0.3, -0.25) is 9.88 Å². The van der Waals surface area contributed by atoms with Crippen molar-refractivity contribution >= 4 is 34.5 Å². The number of nitrogens with one attached hydrogen (secondary N) is 1. The number of guanidine groups is 1. The highest BCUT2D eigenvalue weighted by molar-refractivity contribution is 7.03. The molecule has 0 radical (unpaired) electrons. The third-order valence-electron chi connectivity index (χ3n) is 3.95. The maximum atomic E-state index is 5.90. The summed E-state index contributed by atoms with van der Waals surface area (Å²) in [6.45, 7) is 1.26. The number of anilines is 1. The van der Waals surface area contributed by atoms with Crippen molar-refractivity contribution in [3.8, 4) is 11.5 Å². The Labute approximate surface area is 140 Å². The van der Waals surface area contributed by atoms with Crippen LogP contribution in [0.3, 0.4) is 0 Å². The van der Waals surface area contributed by atoms with Gasteiger partial charge in [-0.15, -0.1) is 5.10 Å². The van der Waals surface area contributed by atoms with Crippen molar-refractivity contribution in [3.63, 3.8) is 0 Å². The average molecular weight is 343 g/mol. The molecule has 9 nitrogen and oxygen atoms in total. The van der Waals surface area contributed by atoms with Gasteiger partial charge in [-0.1, -0.05) is 4.49 Å². The molecule has 0 saturated carbocycles. The number of aromatic nitrogens is 4. The summed E-state index contributed by atoms with van der Waals surface area (Å²) in [5, 5.41) is 8.99. The van der Waals surface area contributed by atoms with Crippen molar-refractivity contribution in [2.75, 3.05) is 18.5 Å². The molecule has 3 N–H and O–H groups in total. The molecule has 0 amide bonds. The summed E-state index contributed by atoms with van der Waals surface area (Å²) in [7, 11) is 0. The minimum atomic E-state index is -0.408. The van der Waals surface area contributed by atoms with Gasteiger partial charge in [0.05, 0.1) is 24.2 Å². The van der Waals surface area contributed by atoms with E-state index < -0.39 is 6.17 Å². The summed E-state index contributed by atoms with van der Waals surface area (Å²) in [4.78, 5) is 9.07. The predicted octanol–water partition coefficient (Wildman–Crippen LogP) is 1.34. The van der Waals surface area contributed by atoms with Crippen LogP contribution in [0.4, 0.5) is 5.95 Å². The molecule has 0 fully saturated rings. The molecule has 0 bridgehead atoms. The van der Waals surface area contributed by atoms with Gasteiger partial charge >= 0.3 is 0 Å². The quantitative estimate of drug-likeness (QED) is 0.685. The highest BCUT2D eigenvalue weighted by Crippen LogP contribution is 2.38. The van der Waals surface area contributed by atoms with E-state index in [-0.39, 0.29) is 0 Å². The first kappa shape index (κ1) is 13.5. The third-order valence-corrected chi connectivity index (χ3v) is 4.47. The van der Waals surface area contributed by atoms with Crippen molar-refractivity contribution in [2.24, 2.45) is 10.7 Å². The van der Waals surface area contributed by atoms with Gasteiger partial charge in [-0.05, 0) is 11.5 Å². The number of benzene rings is 1. The number of nitrogens with two attached hydrogens (primary N) is 1. The molecule has 24 heavy (non-hydrogen) atoms. The van der Waals surface area contributed by atoms with Crippen molar-refractivity contribution in [2.45, 2.75) is 12.6 Å². The Morgan fingerprint density at radius 3 is 2.88 bits per heavy atom. The highest BCUT2D eigenvalue weighted by Gasteiger charge is 2.28. The summed E-state index contributed by atoms with van der Waals surface area (Å²) in [5.41, 5.74) is 8.27. The molecule has 2 aliphatic rings. The minimum Gasteiger partial charge on any atom is -0.489 e. The summed E-state index contributed by atoms with van der Waals surface area (Å²) >= 11 is 1.27. The van der Waals surface area contributed by atoms with E-state index in [1.165, 1.54) is 11.5 Å². The molecule has 5 rings (SSSR count). The maximum Gasteiger partial charge on any atom is 0.212 e. The lowest BCUT2D eigenvalue weighted by Gasteiger charge is -2.21. The zero-order valence-electron chi connectivity index (χ0n) is 12.5.